The van der Waals surface area contributed by atoms with Gasteiger partial charge in [-0.3, -0.25) is 4.31 Å². The first kappa shape index (κ1) is 21.5. The van der Waals surface area contributed by atoms with Crippen LogP contribution in [-0.4, -0.2) is 51.9 Å². The van der Waals surface area contributed by atoms with Crippen molar-refractivity contribution in [2.75, 3.05) is 42.8 Å². The minimum Gasteiger partial charge on any atom is -0.493 e. The molecule has 162 valence electrons. The molecule has 1 saturated heterocycles. The summed E-state index contributed by atoms with van der Waals surface area (Å²) in [7, 11) is -3.76. The zero-order chi connectivity index (χ0) is 21.0. The lowest BCUT2D eigenvalue weighted by atomic mass is 10.1. The van der Waals surface area contributed by atoms with Crippen molar-refractivity contribution in [1.29, 1.82) is 0 Å². The summed E-state index contributed by atoms with van der Waals surface area (Å²) in [4.78, 5) is 3.48. The van der Waals surface area contributed by atoms with Crippen molar-refractivity contribution in [1.82, 2.24) is 4.90 Å². The van der Waals surface area contributed by atoms with E-state index in [1.165, 1.54) is 60.9 Å². The van der Waals surface area contributed by atoms with Crippen LogP contribution in [0.3, 0.4) is 0 Å². The molecule has 2 aliphatic heterocycles. The molecular weight excluding hydrogens is 423 g/mol. The van der Waals surface area contributed by atoms with Crippen LogP contribution in [0, 0.1) is 5.82 Å². The van der Waals surface area contributed by atoms with Gasteiger partial charge >= 0.3 is 0 Å². The molecule has 0 unspecified atom stereocenters. The van der Waals surface area contributed by atoms with Gasteiger partial charge in [-0.05, 0) is 68.8 Å². The molecule has 0 aliphatic carbocycles. The number of hydrogen-bond acceptors (Lipinski definition) is 5. The van der Waals surface area contributed by atoms with Gasteiger partial charge in [-0.1, -0.05) is 6.42 Å². The predicted molar refractivity (Wildman–Crippen MR) is 119 cm³/mol. The Morgan fingerprint density at radius 2 is 1.77 bits per heavy atom. The molecule has 0 spiro atoms. The van der Waals surface area contributed by atoms with Crippen LogP contribution in [0.1, 0.15) is 25.7 Å². The normalized spacial score (nSPS) is 17.6. The Morgan fingerprint density at radius 3 is 2.53 bits per heavy atom. The van der Waals surface area contributed by atoms with Gasteiger partial charge < -0.3 is 9.64 Å². The standard InChI is InChI=1S/C22H27FN2O3S2/c23-18-5-8-20(9-6-18)30(26,27)25-14-16-29-22-10-7-19(17-21(22)25)28-15-4-13-24-11-2-1-3-12-24/h5-10,17H,1-4,11-16H2. The highest BCUT2D eigenvalue weighted by molar-refractivity contribution is 8.00. The molecule has 0 atom stereocenters. The maximum Gasteiger partial charge on any atom is 0.264 e. The number of sulfonamides is 1. The fourth-order valence-electron chi connectivity index (χ4n) is 3.91. The lowest BCUT2D eigenvalue weighted by Gasteiger charge is -2.30. The molecule has 0 radical (unpaired) electrons. The predicted octanol–water partition coefficient (Wildman–Crippen LogP) is 4.38. The first-order valence-electron chi connectivity index (χ1n) is 10.4. The number of ether oxygens (including phenoxy) is 1. The molecule has 4 rings (SSSR count). The quantitative estimate of drug-likeness (QED) is 0.586. The van der Waals surface area contributed by atoms with Gasteiger partial charge in [-0.15, -0.1) is 11.8 Å². The van der Waals surface area contributed by atoms with Crippen molar-refractivity contribution in [2.24, 2.45) is 0 Å². The van der Waals surface area contributed by atoms with E-state index in [-0.39, 0.29) is 4.90 Å². The van der Waals surface area contributed by atoms with E-state index in [2.05, 4.69) is 4.90 Å². The van der Waals surface area contributed by atoms with E-state index in [0.29, 0.717) is 30.3 Å². The number of hydrogen-bond donors (Lipinski definition) is 0. The summed E-state index contributed by atoms with van der Waals surface area (Å²) in [5.74, 6) is 0.890. The Balaban J connectivity index is 1.45. The van der Waals surface area contributed by atoms with Crippen LogP contribution in [0.15, 0.2) is 52.3 Å². The third-order valence-electron chi connectivity index (χ3n) is 5.49. The molecule has 2 aromatic carbocycles. The molecule has 5 nitrogen and oxygen atoms in total. The van der Waals surface area contributed by atoms with E-state index >= 15 is 0 Å². The van der Waals surface area contributed by atoms with Crippen LogP contribution < -0.4 is 9.04 Å². The SMILES string of the molecule is O=S(=O)(c1ccc(F)cc1)N1CCSc2ccc(OCCCN3CCCCC3)cc21. The van der Waals surface area contributed by atoms with Gasteiger partial charge in [0.15, 0.2) is 0 Å². The van der Waals surface area contributed by atoms with E-state index in [4.69, 9.17) is 4.74 Å². The molecule has 0 N–H and O–H groups in total. The van der Waals surface area contributed by atoms with E-state index in [0.717, 1.165) is 17.9 Å². The summed E-state index contributed by atoms with van der Waals surface area (Å²) in [5.41, 5.74) is 0.629. The van der Waals surface area contributed by atoms with Crippen LogP contribution >= 0.6 is 11.8 Å². The monoisotopic (exact) mass is 450 g/mol. The summed E-state index contributed by atoms with van der Waals surface area (Å²) in [6.07, 6.45) is 4.84. The summed E-state index contributed by atoms with van der Waals surface area (Å²) in [6, 6.07) is 10.6. The second-order valence-corrected chi connectivity index (χ2v) is 10.6. The number of anilines is 1. The van der Waals surface area contributed by atoms with Gasteiger partial charge in [0.1, 0.15) is 11.6 Å². The Hall–Kier alpha value is -1.77. The minimum atomic E-state index is -3.76. The minimum absolute atomic E-state index is 0.0922. The molecule has 0 aromatic heterocycles. The van der Waals surface area contributed by atoms with Crippen molar-refractivity contribution in [2.45, 2.75) is 35.5 Å². The van der Waals surface area contributed by atoms with Crippen LogP contribution in [-0.2, 0) is 10.0 Å². The van der Waals surface area contributed by atoms with Crippen LogP contribution in [0.5, 0.6) is 5.75 Å². The molecule has 0 saturated carbocycles. The third-order valence-corrected chi connectivity index (χ3v) is 8.36. The molecule has 2 heterocycles. The number of likely N-dealkylation sites (tertiary alicyclic amines) is 1. The average molecular weight is 451 g/mol. The van der Waals surface area contributed by atoms with Crippen molar-refractivity contribution < 1.29 is 17.5 Å². The van der Waals surface area contributed by atoms with Crippen LogP contribution in [0.4, 0.5) is 10.1 Å². The Kier molecular flexibility index (Phi) is 6.85. The number of thioether (sulfide) groups is 1. The first-order chi connectivity index (χ1) is 14.5. The second kappa shape index (κ2) is 9.58. The third kappa shape index (κ3) is 4.92. The van der Waals surface area contributed by atoms with E-state index in [1.807, 2.05) is 18.2 Å². The van der Waals surface area contributed by atoms with Gasteiger partial charge in [0, 0.05) is 29.8 Å². The summed E-state index contributed by atoms with van der Waals surface area (Å²) in [5, 5.41) is 0. The highest BCUT2D eigenvalue weighted by atomic mass is 32.2. The lowest BCUT2D eigenvalue weighted by Crippen LogP contribution is -2.35. The van der Waals surface area contributed by atoms with Crippen molar-refractivity contribution in [3.05, 3.63) is 48.3 Å². The zero-order valence-corrected chi connectivity index (χ0v) is 18.6. The Bertz CT molecular complexity index is 961. The van der Waals surface area contributed by atoms with E-state index in [9.17, 15) is 12.8 Å². The van der Waals surface area contributed by atoms with Crippen LogP contribution in [0.25, 0.3) is 0 Å². The van der Waals surface area contributed by atoms with Gasteiger partial charge in [0.2, 0.25) is 0 Å². The average Bonchev–Trinajstić information content (AvgIpc) is 2.77. The molecule has 8 heteroatoms. The number of halogens is 1. The number of rotatable bonds is 7. The molecule has 0 amide bonds. The topological polar surface area (TPSA) is 49.9 Å². The largest absolute Gasteiger partial charge is 0.493 e. The fourth-order valence-corrected chi connectivity index (χ4v) is 6.53. The van der Waals surface area contributed by atoms with Crippen molar-refractivity contribution in [3.8, 4) is 5.75 Å². The molecule has 2 aliphatic rings. The number of benzene rings is 2. The summed E-state index contributed by atoms with van der Waals surface area (Å²) < 4.78 is 46.9. The van der Waals surface area contributed by atoms with Gasteiger partial charge in [-0.2, -0.15) is 0 Å². The van der Waals surface area contributed by atoms with Gasteiger partial charge in [0.05, 0.1) is 17.2 Å². The summed E-state index contributed by atoms with van der Waals surface area (Å²) in [6.45, 7) is 4.35. The van der Waals surface area contributed by atoms with Crippen molar-refractivity contribution >= 4 is 27.5 Å². The number of piperidine rings is 1. The highest BCUT2D eigenvalue weighted by Crippen LogP contribution is 2.40. The fraction of sp³-hybridized carbons (Fsp3) is 0.455. The number of nitrogens with zero attached hydrogens (tertiary/aromatic N) is 2. The molecule has 2 aromatic rings. The highest BCUT2D eigenvalue weighted by Gasteiger charge is 2.30. The molecule has 0 bridgehead atoms. The van der Waals surface area contributed by atoms with Crippen molar-refractivity contribution in [3.63, 3.8) is 0 Å². The number of fused-ring (bicyclic) bond motifs is 1. The molecule has 1 fully saturated rings. The Labute approximate surface area is 182 Å². The summed E-state index contributed by atoms with van der Waals surface area (Å²) >= 11 is 1.63. The second-order valence-electron chi connectivity index (χ2n) is 7.61. The van der Waals surface area contributed by atoms with Gasteiger partial charge in [-0.25, -0.2) is 12.8 Å². The molecule has 30 heavy (non-hydrogen) atoms. The van der Waals surface area contributed by atoms with Crippen LogP contribution in [0.2, 0.25) is 0 Å². The zero-order valence-electron chi connectivity index (χ0n) is 16.9. The van der Waals surface area contributed by atoms with E-state index < -0.39 is 15.8 Å². The maximum atomic E-state index is 13.2. The lowest BCUT2D eigenvalue weighted by molar-refractivity contribution is 0.205. The van der Waals surface area contributed by atoms with Gasteiger partial charge in [0.25, 0.3) is 10.0 Å². The maximum absolute atomic E-state index is 13.2. The molecular formula is C22H27FN2O3S2. The Morgan fingerprint density at radius 1 is 1.00 bits per heavy atom. The van der Waals surface area contributed by atoms with E-state index in [1.54, 1.807) is 11.8 Å². The smallest absolute Gasteiger partial charge is 0.264 e. The first-order valence-corrected chi connectivity index (χ1v) is 12.9.